The Morgan fingerprint density at radius 2 is 2.05 bits per heavy atom. The molecule has 0 spiro atoms. The number of nitrogens with zero attached hydrogens (tertiary/aromatic N) is 2. The Bertz CT molecular complexity index is 444. The predicted molar refractivity (Wildman–Crippen MR) is 75.5 cm³/mol. The van der Waals surface area contributed by atoms with Gasteiger partial charge in [-0.1, -0.05) is 25.7 Å². The van der Waals surface area contributed by atoms with Crippen LogP contribution < -0.4 is 10.6 Å². The topological polar surface area (TPSA) is 80.1 Å². The van der Waals surface area contributed by atoms with Crippen LogP contribution in [0.2, 0.25) is 0 Å². The summed E-state index contributed by atoms with van der Waals surface area (Å²) in [6, 6.07) is 2.91. The molecule has 0 saturated heterocycles. The van der Waals surface area contributed by atoms with Crippen molar-refractivity contribution in [3.05, 3.63) is 22.2 Å². The van der Waals surface area contributed by atoms with Crippen LogP contribution >= 0.6 is 0 Å². The molecule has 0 amide bonds. The van der Waals surface area contributed by atoms with Crippen molar-refractivity contribution in [3.63, 3.8) is 0 Å². The Hall–Kier alpha value is -1.85. The molecule has 1 aromatic rings. The standard InChI is InChI=1S/C13H20N4O2/c1-14-12-8-11(17(18)19)9-13(16-12)15-7-6-10-4-2-3-5-10/h8-10H,2-7H2,1H3,(H2,14,15,16). The number of hydrogen-bond acceptors (Lipinski definition) is 5. The van der Waals surface area contributed by atoms with E-state index in [0.717, 1.165) is 18.9 Å². The summed E-state index contributed by atoms with van der Waals surface area (Å²) < 4.78 is 0. The van der Waals surface area contributed by atoms with Crippen LogP contribution in [0.3, 0.4) is 0 Å². The molecule has 0 atom stereocenters. The third-order valence-corrected chi connectivity index (χ3v) is 3.61. The van der Waals surface area contributed by atoms with Crippen LogP contribution in [0.5, 0.6) is 0 Å². The Kier molecular flexibility index (Phi) is 4.54. The van der Waals surface area contributed by atoms with Gasteiger partial charge < -0.3 is 10.6 Å². The Labute approximate surface area is 112 Å². The van der Waals surface area contributed by atoms with E-state index in [2.05, 4.69) is 15.6 Å². The van der Waals surface area contributed by atoms with Gasteiger partial charge in [-0.25, -0.2) is 4.98 Å². The number of nitrogens with one attached hydrogen (secondary N) is 2. The van der Waals surface area contributed by atoms with Crippen LogP contribution in [0.25, 0.3) is 0 Å². The van der Waals surface area contributed by atoms with E-state index in [9.17, 15) is 10.1 Å². The van der Waals surface area contributed by atoms with Gasteiger partial charge in [0.1, 0.15) is 11.6 Å². The van der Waals surface area contributed by atoms with Gasteiger partial charge in [-0.05, 0) is 12.3 Å². The molecular formula is C13H20N4O2. The minimum atomic E-state index is -0.398. The number of pyridine rings is 1. The summed E-state index contributed by atoms with van der Waals surface area (Å²) in [6.45, 7) is 0.821. The number of nitro groups is 1. The van der Waals surface area contributed by atoms with E-state index in [4.69, 9.17) is 0 Å². The van der Waals surface area contributed by atoms with E-state index in [0.29, 0.717) is 11.6 Å². The lowest BCUT2D eigenvalue weighted by atomic mass is 10.0. The molecule has 1 fully saturated rings. The van der Waals surface area contributed by atoms with Gasteiger partial charge in [0, 0.05) is 13.6 Å². The van der Waals surface area contributed by atoms with Crippen LogP contribution in [-0.4, -0.2) is 23.5 Å². The highest BCUT2D eigenvalue weighted by molar-refractivity contribution is 5.54. The highest BCUT2D eigenvalue weighted by Gasteiger charge is 2.15. The fraction of sp³-hybridized carbons (Fsp3) is 0.615. The fourth-order valence-corrected chi connectivity index (χ4v) is 2.54. The van der Waals surface area contributed by atoms with Crippen LogP contribution in [0.1, 0.15) is 32.1 Å². The zero-order valence-electron chi connectivity index (χ0n) is 11.2. The van der Waals surface area contributed by atoms with Crippen LogP contribution in [-0.2, 0) is 0 Å². The van der Waals surface area contributed by atoms with Gasteiger partial charge in [0.2, 0.25) is 0 Å². The molecule has 0 bridgehead atoms. The van der Waals surface area contributed by atoms with Gasteiger partial charge in [-0.15, -0.1) is 0 Å². The number of hydrogen-bond donors (Lipinski definition) is 2. The van der Waals surface area contributed by atoms with Gasteiger partial charge in [-0.2, -0.15) is 0 Å². The summed E-state index contributed by atoms with van der Waals surface area (Å²) in [6.07, 6.45) is 6.41. The van der Waals surface area contributed by atoms with E-state index < -0.39 is 4.92 Å². The van der Waals surface area contributed by atoms with Crippen LogP contribution in [0, 0.1) is 16.0 Å². The summed E-state index contributed by atoms with van der Waals surface area (Å²) in [5, 5.41) is 16.9. The maximum atomic E-state index is 10.8. The zero-order valence-corrected chi connectivity index (χ0v) is 11.2. The third-order valence-electron chi connectivity index (χ3n) is 3.61. The van der Waals surface area contributed by atoms with Crippen molar-refractivity contribution in [2.45, 2.75) is 32.1 Å². The molecule has 6 nitrogen and oxygen atoms in total. The average Bonchev–Trinajstić information content (AvgIpc) is 2.91. The molecule has 2 N–H and O–H groups in total. The van der Waals surface area contributed by atoms with E-state index in [1.165, 1.54) is 37.8 Å². The van der Waals surface area contributed by atoms with Gasteiger partial charge in [0.15, 0.2) is 0 Å². The molecule has 0 unspecified atom stereocenters. The van der Waals surface area contributed by atoms with Crippen molar-refractivity contribution in [1.82, 2.24) is 4.98 Å². The normalized spacial score (nSPS) is 15.4. The zero-order chi connectivity index (χ0) is 13.7. The second kappa shape index (κ2) is 6.36. The maximum absolute atomic E-state index is 10.8. The molecule has 1 aliphatic carbocycles. The Balaban J connectivity index is 1.94. The summed E-state index contributed by atoms with van der Waals surface area (Å²) in [4.78, 5) is 14.7. The smallest absolute Gasteiger partial charge is 0.276 e. The second-order valence-electron chi connectivity index (χ2n) is 4.97. The first-order valence-electron chi connectivity index (χ1n) is 6.77. The van der Waals surface area contributed by atoms with Crippen molar-refractivity contribution in [3.8, 4) is 0 Å². The van der Waals surface area contributed by atoms with Gasteiger partial charge in [0.05, 0.1) is 17.1 Å². The van der Waals surface area contributed by atoms with Crippen molar-refractivity contribution < 1.29 is 4.92 Å². The van der Waals surface area contributed by atoms with Crippen LogP contribution in [0.15, 0.2) is 12.1 Å². The molecule has 1 aliphatic rings. The van der Waals surface area contributed by atoms with Crippen molar-refractivity contribution in [2.24, 2.45) is 5.92 Å². The van der Waals surface area contributed by atoms with Gasteiger partial charge in [0.25, 0.3) is 5.69 Å². The summed E-state index contributed by atoms with van der Waals surface area (Å²) in [5.74, 6) is 1.88. The lowest BCUT2D eigenvalue weighted by Crippen LogP contribution is -2.09. The Morgan fingerprint density at radius 1 is 1.37 bits per heavy atom. The molecule has 104 valence electrons. The molecule has 1 aromatic heterocycles. The lowest BCUT2D eigenvalue weighted by Gasteiger charge is -2.11. The number of anilines is 2. The summed E-state index contributed by atoms with van der Waals surface area (Å²) in [7, 11) is 1.70. The van der Waals surface area contributed by atoms with Crippen molar-refractivity contribution in [1.29, 1.82) is 0 Å². The predicted octanol–water partition coefficient (Wildman–Crippen LogP) is 3.02. The van der Waals surface area contributed by atoms with E-state index in [-0.39, 0.29) is 5.69 Å². The number of rotatable bonds is 6. The fourth-order valence-electron chi connectivity index (χ4n) is 2.54. The minimum absolute atomic E-state index is 0.0581. The monoisotopic (exact) mass is 264 g/mol. The average molecular weight is 264 g/mol. The molecule has 19 heavy (non-hydrogen) atoms. The molecule has 6 heteroatoms. The van der Waals surface area contributed by atoms with Gasteiger partial charge in [-0.3, -0.25) is 10.1 Å². The molecule has 0 radical (unpaired) electrons. The summed E-state index contributed by atoms with van der Waals surface area (Å²) in [5.41, 5.74) is 0.0581. The molecule has 2 rings (SSSR count). The first-order valence-corrected chi connectivity index (χ1v) is 6.77. The number of aromatic nitrogens is 1. The summed E-state index contributed by atoms with van der Waals surface area (Å²) >= 11 is 0. The van der Waals surface area contributed by atoms with Crippen LogP contribution in [0.4, 0.5) is 17.3 Å². The minimum Gasteiger partial charge on any atom is -0.373 e. The molecule has 1 heterocycles. The lowest BCUT2D eigenvalue weighted by molar-refractivity contribution is -0.384. The Morgan fingerprint density at radius 3 is 2.68 bits per heavy atom. The van der Waals surface area contributed by atoms with E-state index >= 15 is 0 Å². The second-order valence-corrected chi connectivity index (χ2v) is 4.97. The van der Waals surface area contributed by atoms with E-state index in [1.54, 1.807) is 7.05 Å². The third kappa shape index (κ3) is 3.81. The molecule has 0 aromatic carbocycles. The van der Waals surface area contributed by atoms with Crippen molar-refractivity contribution in [2.75, 3.05) is 24.2 Å². The largest absolute Gasteiger partial charge is 0.373 e. The van der Waals surface area contributed by atoms with Crippen molar-refractivity contribution >= 4 is 17.3 Å². The quantitative estimate of drug-likeness (QED) is 0.609. The van der Waals surface area contributed by atoms with Gasteiger partial charge >= 0.3 is 0 Å². The first kappa shape index (κ1) is 13.6. The van der Waals surface area contributed by atoms with E-state index in [1.807, 2.05) is 0 Å². The first-order chi connectivity index (χ1) is 9.19. The molecular weight excluding hydrogens is 244 g/mol. The molecule has 0 aliphatic heterocycles. The highest BCUT2D eigenvalue weighted by Crippen LogP contribution is 2.27. The highest BCUT2D eigenvalue weighted by atomic mass is 16.6. The molecule has 1 saturated carbocycles. The SMILES string of the molecule is CNc1cc([N+](=O)[O-])cc(NCCC2CCCC2)n1. The maximum Gasteiger partial charge on any atom is 0.276 e.